The van der Waals surface area contributed by atoms with E-state index in [2.05, 4.69) is 44.0 Å². The van der Waals surface area contributed by atoms with Crippen molar-refractivity contribution < 1.29 is 10.0 Å². The van der Waals surface area contributed by atoms with Gasteiger partial charge in [0.25, 0.3) is 5.91 Å². The molecule has 134 valence electrons. The standard InChI is InChI=1S/C19H21N5O2/c25-18(22-26)14-7-20-19(21-8-14)24-10-15-16(11-24)17(15)23-6-5-12-3-1-2-4-13(12)9-23/h1-4,7-8,15-17,26H,5-6,9-11H2,(H,22,25). The summed E-state index contributed by atoms with van der Waals surface area (Å²) in [5.41, 5.74) is 4.82. The fraction of sp³-hybridized carbons (Fsp3) is 0.421. The molecule has 2 N–H and O–H groups in total. The molecular formula is C19H21N5O2. The summed E-state index contributed by atoms with van der Waals surface area (Å²) in [6.45, 7) is 4.16. The molecule has 1 amide bonds. The highest BCUT2D eigenvalue weighted by molar-refractivity contribution is 5.92. The lowest BCUT2D eigenvalue weighted by Crippen LogP contribution is -2.38. The first kappa shape index (κ1) is 15.7. The predicted octanol–water partition coefficient (Wildman–Crippen LogP) is 1.09. The molecule has 3 aliphatic rings. The van der Waals surface area contributed by atoms with E-state index in [1.165, 1.54) is 23.5 Å². The largest absolute Gasteiger partial charge is 0.340 e. The second-order valence-corrected chi connectivity index (χ2v) is 7.43. The fourth-order valence-corrected chi connectivity index (χ4v) is 4.64. The molecule has 3 heterocycles. The molecule has 0 radical (unpaired) electrons. The zero-order valence-electron chi connectivity index (χ0n) is 14.4. The topological polar surface area (TPSA) is 81.6 Å². The highest BCUT2D eigenvalue weighted by Gasteiger charge is 2.58. The van der Waals surface area contributed by atoms with Crippen molar-refractivity contribution in [3.8, 4) is 0 Å². The summed E-state index contributed by atoms with van der Waals surface area (Å²) < 4.78 is 0. The number of anilines is 1. The molecule has 2 aliphatic heterocycles. The summed E-state index contributed by atoms with van der Waals surface area (Å²) in [5.74, 6) is 1.44. The molecule has 1 saturated carbocycles. The van der Waals surface area contributed by atoms with E-state index in [9.17, 15) is 4.79 Å². The van der Waals surface area contributed by atoms with E-state index >= 15 is 0 Å². The zero-order chi connectivity index (χ0) is 17.7. The molecule has 1 saturated heterocycles. The number of carbonyl (C=O) groups excluding carboxylic acids is 1. The summed E-state index contributed by atoms with van der Waals surface area (Å²) >= 11 is 0. The Kier molecular flexibility index (Phi) is 3.65. The fourth-order valence-electron chi connectivity index (χ4n) is 4.64. The van der Waals surface area contributed by atoms with Crippen molar-refractivity contribution >= 4 is 11.9 Å². The van der Waals surface area contributed by atoms with Crippen LogP contribution in [0.2, 0.25) is 0 Å². The molecule has 5 rings (SSSR count). The summed E-state index contributed by atoms with van der Waals surface area (Å²) in [5, 5.41) is 8.65. The van der Waals surface area contributed by atoms with Crippen molar-refractivity contribution in [1.29, 1.82) is 0 Å². The minimum Gasteiger partial charge on any atom is -0.340 e. The molecule has 2 aromatic rings. The molecule has 2 unspecified atom stereocenters. The van der Waals surface area contributed by atoms with Crippen LogP contribution in [-0.4, -0.2) is 51.7 Å². The van der Waals surface area contributed by atoms with Gasteiger partial charge < -0.3 is 4.90 Å². The van der Waals surface area contributed by atoms with Crippen LogP contribution in [0.3, 0.4) is 0 Å². The Balaban J connectivity index is 1.22. The minimum atomic E-state index is -0.591. The Morgan fingerprint density at radius 1 is 1.12 bits per heavy atom. The third-order valence-corrected chi connectivity index (χ3v) is 6.02. The van der Waals surface area contributed by atoms with Gasteiger partial charge in [0.15, 0.2) is 0 Å². The molecule has 2 fully saturated rings. The number of piperidine rings is 1. The first-order valence-corrected chi connectivity index (χ1v) is 9.07. The molecule has 0 spiro atoms. The predicted molar refractivity (Wildman–Crippen MR) is 94.8 cm³/mol. The lowest BCUT2D eigenvalue weighted by molar-refractivity contribution is 0.0705. The first-order valence-electron chi connectivity index (χ1n) is 9.07. The Labute approximate surface area is 151 Å². The van der Waals surface area contributed by atoms with E-state index in [-0.39, 0.29) is 5.56 Å². The highest BCUT2D eigenvalue weighted by atomic mass is 16.5. The zero-order valence-corrected chi connectivity index (χ0v) is 14.4. The van der Waals surface area contributed by atoms with Gasteiger partial charge in [-0.3, -0.25) is 14.9 Å². The minimum absolute atomic E-state index is 0.255. The number of aromatic nitrogens is 2. The number of nitrogens with one attached hydrogen (secondary N) is 1. The van der Waals surface area contributed by atoms with Crippen LogP contribution in [0.15, 0.2) is 36.7 Å². The second-order valence-electron chi connectivity index (χ2n) is 7.43. The van der Waals surface area contributed by atoms with Crippen LogP contribution >= 0.6 is 0 Å². The summed E-state index contributed by atoms with van der Waals surface area (Å²) in [7, 11) is 0. The quantitative estimate of drug-likeness (QED) is 0.636. The van der Waals surface area contributed by atoms with Gasteiger partial charge in [0.2, 0.25) is 5.95 Å². The summed E-state index contributed by atoms with van der Waals surface area (Å²) in [6, 6.07) is 9.45. The van der Waals surface area contributed by atoms with Gasteiger partial charge in [0.1, 0.15) is 0 Å². The van der Waals surface area contributed by atoms with Gasteiger partial charge in [-0.1, -0.05) is 24.3 Å². The van der Waals surface area contributed by atoms with Gasteiger partial charge in [0, 0.05) is 44.6 Å². The smallest absolute Gasteiger partial charge is 0.277 e. The van der Waals surface area contributed by atoms with Crippen LogP contribution in [0.5, 0.6) is 0 Å². The number of rotatable bonds is 3. The molecular weight excluding hydrogens is 330 g/mol. The third-order valence-electron chi connectivity index (χ3n) is 6.02. The third kappa shape index (κ3) is 2.55. The second kappa shape index (κ2) is 6.03. The van der Waals surface area contributed by atoms with Gasteiger partial charge >= 0.3 is 0 Å². The van der Waals surface area contributed by atoms with Crippen molar-refractivity contribution in [3.63, 3.8) is 0 Å². The number of amides is 1. The first-order chi connectivity index (χ1) is 12.7. The van der Waals surface area contributed by atoms with Gasteiger partial charge in [0.05, 0.1) is 5.56 Å². The number of hydrogen-bond donors (Lipinski definition) is 2. The van der Waals surface area contributed by atoms with E-state index in [0.717, 1.165) is 32.6 Å². The van der Waals surface area contributed by atoms with E-state index in [1.807, 2.05) is 0 Å². The Morgan fingerprint density at radius 2 is 1.81 bits per heavy atom. The van der Waals surface area contributed by atoms with Crippen LogP contribution in [0, 0.1) is 11.8 Å². The van der Waals surface area contributed by atoms with E-state index in [0.29, 0.717) is 23.8 Å². The lowest BCUT2D eigenvalue weighted by Gasteiger charge is -2.31. The Morgan fingerprint density at radius 3 is 2.50 bits per heavy atom. The van der Waals surface area contributed by atoms with Gasteiger partial charge in [-0.15, -0.1) is 0 Å². The molecule has 0 bridgehead atoms. The maximum Gasteiger partial charge on any atom is 0.277 e. The highest BCUT2D eigenvalue weighted by Crippen LogP contribution is 2.50. The van der Waals surface area contributed by atoms with Gasteiger partial charge in [-0.2, -0.15) is 0 Å². The van der Waals surface area contributed by atoms with Crippen LogP contribution in [0.1, 0.15) is 21.5 Å². The van der Waals surface area contributed by atoms with Crippen LogP contribution in [0.25, 0.3) is 0 Å². The summed E-state index contributed by atoms with van der Waals surface area (Å²) in [4.78, 5) is 24.8. The van der Waals surface area contributed by atoms with Crippen molar-refractivity contribution in [2.24, 2.45) is 11.8 Å². The molecule has 1 aliphatic carbocycles. The average molecular weight is 351 g/mol. The van der Waals surface area contributed by atoms with Crippen LogP contribution in [-0.2, 0) is 13.0 Å². The lowest BCUT2D eigenvalue weighted by atomic mass is 9.99. The van der Waals surface area contributed by atoms with Crippen molar-refractivity contribution in [3.05, 3.63) is 53.3 Å². The molecule has 26 heavy (non-hydrogen) atoms. The molecule has 2 atom stereocenters. The van der Waals surface area contributed by atoms with Crippen molar-refractivity contribution in [2.75, 3.05) is 24.5 Å². The number of carbonyl (C=O) groups is 1. The maximum atomic E-state index is 11.4. The number of fused-ring (bicyclic) bond motifs is 2. The molecule has 7 nitrogen and oxygen atoms in total. The van der Waals surface area contributed by atoms with Crippen molar-refractivity contribution in [2.45, 2.75) is 19.0 Å². The number of benzene rings is 1. The number of nitrogens with zero attached hydrogens (tertiary/aromatic N) is 4. The molecule has 1 aromatic carbocycles. The Bertz CT molecular complexity index is 828. The molecule has 7 heteroatoms. The van der Waals surface area contributed by atoms with Crippen LogP contribution in [0.4, 0.5) is 5.95 Å². The number of hydroxylamine groups is 1. The monoisotopic (exact) mass is 351 g/mol. The van der Waals surface area contributed by atoms with Crippen LogP contribution < -0.4 is 10.4 Å². The normalized spacial score (nSPS) is 27.0. The van der Waals surface area contributed by atoms with E-state index in [1.54, 1.807) is 5.48 Å². The van der Waals surface area contributed by atoms with Gasteiger partial charge in [-0.05, 0) is 29.4 Å². The number of hydrogen-bond acceptors (Lipinski definition) is 6. The SMILES string of the molecule is O=C(NO)c1cnc(N2CC3C(C2)C3N2CCc3ccccc3C2)nc1. The summed E-state index contributed by atoms with van der Waals surface area (Å²) in [6.07, 6.45) is 4.06. The average Bonchev–Trinajstić information content (AvgIpc) is 3.20. The van der Waals surface area contributed by atoms with Gasteiger partial charge in [-0.25, -0.2) is 15.4 Å². The van der Waals surface area contributed by atoms with E-state index < -0.39 is 5.91 Å². The van der Waals surface area contributed by atoms with Crippen molar-refractivity contribution in [1.82, 2.24) is 20.3 Å². The Hall–Kier alpha value is -2.51. The molecule has 1 aromatic heterocycles. The maximum absolute atomic E-state index is 11.4. The van der Waals surface area contributed by atoms with E-state index in [4.69, 9.17) is 5.21 Å².